The number of amides is 1. The van der Waals surface area contributed by atoms with Crippen molar-refractivity contribution in [2.75, 3.05) is 14.1 Å². The first-order chi connectivity index (χ1) is 9.55. The summed E-state index contributed by atoms with van der Waals surface area (Å²) in [7, 11) is 2.89. The van der Waals surface area contributed by atoms with Gasteiger partial charge in [-0.15, -0.1) is 0 Å². The van der Waals surface area contributed by atoms with Gasteiger partial charge >= 0.3 is 7.12 Å². The Morgan fingerprint density at radius 3 is 2.10 bits per heavy atom. The van der Waals surface area contributed by atoms with Crippen LogP contribution in [-0.4, -0.2) is 43.2 Å². The van der Waals surface area contributed by atoms with Crippen molar-refractivity contribution in [3.05, 3.63) is 28.8 Å². The molecule has 1 saturated heterocycles. The number of hydrogen-bond donors (Lipinski definition) is 0. The Labute approximate surface area is 131 Å². The number of benzene rings is 1. The van der Waals surface area contributed by atoms with Crippen molar-refractivity contribution in [1.29, 1.82) is 0 Å². The summed E-state index contributed by atoms with van der Waals surface area (Å²) in [5.41, 5.74) is 0.453. The molecular formula is C15H21BClNO3. The van der Waals surface area contributed by atoms with Crippen molar-refractivity contribution in [1.82, 2.24) is 4.90 Å². The summed E-state index contributed by atoms with van der Waals surface area (Å²) in [6.45, 7) is 7.96. The SMILES string of the molecule is CN(C)C(=O)c1ccc(B2OC(C)(C)C(C)(C)O2)c(Cl)c1. The van der Waals surface area contributed by atoms with Gasteiger partial charge in [0.15, 0.2) is 0 Å². The Bertz CT molecular complexity index is 556. The van der Waals surface area contributed by atoms with Gasteiger partial charge in [-0.05, 0) is 39.8 Å². The van der Waals surface area contributed by atoms with E-state index in [0.717, 1.165) is 5.46 Å². The van der Waals surface area contributed by atoms with Crippen LogP contribution in [0.15, 0.2) is 18.2 Å². The van der Waals surface area contributed by atoms with Crippen LogP contribution in [0.3, 0.4) is 0 Å². The standard InChI is InChI=1S/C15H21BClNO3/c1-14(2)15(3,4)21-16(20-14)11-8-7-10(9-12(11)17)13(19)18(5)6/h7-9H,1-6H3. The summed E-state index contributed by atoms with van der Waals surface area (Å²) < 4.78 is 12.0. The van der Waals surface area contributed by atoms with Gasteiger partial charge in [0.25, 0.3) is 5.91 Å². The van der Waals surface area contributed by atoms with Gasteiger partial charge in [-0.2, -0.15) is 0 Å². The third-order valence-corrected chi connectivity index (χ3v) is 4.49. The lowest BCUT2D eigenvalue weighted by atomic mass is 9.78. The molecule has 0 saturated carbocycles. The van der Waals surface area contributed by atoms with E-state index in [1.165, 1.54) is 4.90 Å². The molecule has 21 heavy (non-hydrogen) atoms. The normalized spacial score (nSPS) is 19.7. The van der Waals surface area contributed by atoms with Crippen LogP contribution in [0.2, 0.25) is 5.02 Å². The number of halogens is 1. The number of carbonyl (C=O) groups is 1. The zero-order chi connectivity index (χ0) is 16.0. The van der Waals surface area contributed by atoms with Gasteiger partial charge < -0.3 is 14.2 Å². The van der Waals surface area contributed by atoms with Crippen molar-refractivity contribution in [2.24, 2.45) is 0 Å². The molecule has 1 aliphatic rings. The van der Waals surface area contributed by atoms with E-state index in [1.54, 1.807) is 32.3 Å². The molecule has 0 aromatic heterocycles. The molecule has 1 aliphatic heterocycles. The van der Waals surface area contributed by atoms with Gasteiger partial charge in [0.2, 0.25) is 0 Å². The molecule has 1 heterocycles. The van der Waals surface area contributed by atoms with Gasteiger partial charge in [0, 0.05) is 30.1 Å². The molecule has 0 aliphatic carbocycles. The van der Waals surface area contributed by atoms with Crippen LogP contribution in [0.25, 0.3) is 0 Å². The second kappa shape index (κ2) is 5.31. The van der Waals surface area contributed by atoms with Crippen LogP contribution in [0.4, 0.5) is 0 Å². The smallest absolute Gasteiger partial charge is 0.399 e. The Hall–Kier alpha value is -1.04. The highest BCUT2D eigenvalue weighted by atomic mass is 35.5. The number of rotatable bonds is 2. The molecule has 0 bridgehead atoms. The van der Waals surface area contributed by atoms with Crippen LogP contribution in [0.1, 0.15) is 38.1 Å². The van der Waals surface area contributed by atoms with Crippen molar-refractivity contribution in [2.45, 2.75) is 38.9 Å². The van der Waals surface area contributed by atoms with Crippen LogP contribution >= 0.6 is 11.6 Å². The van der Waals surface area contributed by atoms with Gasteiger partial charge in [0.1, 0.15) is 0 Å². The molecule has 0 N–H and O–H groups in total. The van der Waals surface area contributed by atoms with Gasteiger partial charge in [-0.1, -0.05) is 17.7 Å². The van der Waals surface area contributed by atoms with Crippen LogP contribution in [-0.2, 0) is 9.31 Å². The van der Waals surface area contributed by atoms with E-state index >= 15 is 0 Å². The van der Waals surface area contributed by atoms with Crippen molar-refractivity contribution >= 4 is 30.1 Å². The highest BCUT2D eigenvalue weighted by molar-refractivity contribution is 6.65. The fourth-order valence-electron chi connectivity index (χ4n) is 2.08. The summed E-state index contributed by atoms with van der Waals surface area (Å²) in [5.74, 6) is -0.0858. The minimum Gasteiger partial charge on any atom is -0.399 e. The van der Waals surface area contributed by atoms with Gasteiger partial charge in [0.05, 0.1) is 11.2 Å². The lowest BCUT2D eigenvalue weighted by Crippen LogP contribution is -2.41. The quantitative estimate of drug-likeness (QED) is 0.787. The molecule has 1 amide bonds. The highest BCUT2D eigenvalue weighted by Gasteiger charge is 2.52. The minimum atomic E-state index is -0.522. The molecular weight excluding hydrogens is 288 g/mol. The fourth-order valence-corrected chi connectivity index (χ4v) is 2.35. The first kappa shape index (κ1) is 16.3. The van der Waals surface area contributed by atoms with Crippen LogP contribution < -0.4 is 5.46 Å². The third kappa shape index (κ3) is 2.96. The fraction of sp³-hybridized carbons (Fsp3) is 0.533. The second-order valence-corrected chi connectivity index (χ2v) is 6.93. The molecule has 2 rings (SSSR count). The number of hydrogen-bond acceptors (Lipinski definition) is 3. The van der Waals surface area contributed by atoms with E-state index < -0.39 is 18.3 Å². The molecule has 6 heteroatoms. The Kier molecular flexibility index (Phi) is 4.13. The minimum absolute atomic E-state index is 0.0858. The van der Waals surface area contributed by atoms with Gasteiger partial charge in [-0.3, -0.25) is 4.79 Å². The average molecular weight is 310 g/mol. The monoisotopic (exact) mass is 309 g/mol. The predicted molar refractivity (Wildman–Crippen MR) is 85.2 cm³/mol. The second-order valence-electron chi connectivity index (χ2n) is 6.52. The summed E-state index contributed by atoms with van der Waals surface area (Å²) in [6.07, 6.45) is 0. The maximum absolute atomic E-state index is 11.9. The van der Waals surface area contributed by atoms with Crippen molar-refractivity contribution in [3.8, 4) is 0 Å². The van der Waals surface area contributed by atoms with Crippen molar-refractivity contribution < 1.29 is 14.1 Å². The van der Waals surface area contributed by atoms with E-state index in [1.807, 2.05) is 27.7 Å². The lowest BCUT2D eigenvalue weighted by Gasteiger charge is -2.32. The number of carbonyl (C=O) groups excluding carboxylic acids is 1. The van der Waals surface area contributed by atoms with E-state index in [9.17, 15) is 4.79 Å². The Balaban J connectivity index is 2.30. The molecule has 1 aromatic carbocycles. The summed E-state index contributed by atoms with van der Waals surface area (Å²) >= 11 is 6.31. The maximum atomic E-state index is 11.9. The lowest BCUT2D eigenvalue weighted by molar-refractivity contribution is 0.00578. The zero-order valence-corrected chi connectivity index (χ0v) is 14.1. The first-order valence-corrected chi connectivity index (χ1v) is 7.30. The van der Waals surface area contributed by atoms with Crippen LogP contribution in [0.5, 0.6) is 0 Å². The Morgan fingerprint density at radius 2 is 1.67 bits per heavy atom. The highest BCUT2D eigenvalue weighted by Crippen LogP contribution is 2.37. The summed E-state index contributed by atoms with van der Waals surface area (Å²) in [4.78, 5) is 13.5. The zero-order valence-electron chi connectivity index (χ0n) is 13.4. The first-order valence-electron chi connectivity index (χ1n) is 6.92. The largest absolute Gasteiger partial charge is 0.496 e. The van der Waals surface area contributed by atoms with E-state index in [0.29, 0.717) is 10.6 Å². The maximum Gasteiger partial charge on any atom is 0.496 e. The molecule has 0 spiro atoms. The summed E-state index contributed by atoms with van der Waals surface area (Å²) in [6, 6.07) is 5.19. The molecule has 1 fully saturated rings. The van der Waals surface area contributed by atoms with Crippen LogP contribution in [0, 0.1) is 0 Å². The van der Waals surface area contributed by atoms with E-state index in [-0.39, 0.29) is 5.91 Å². The Morgan fingerprint density at radius 1 is 1.14 bits per heavy atom. The molecule has 4 nitrogen and oxygen atoms in total. The molecule has 1 aromatic rings. The molecule has 0 unspecified atom stereocenters. The molecule has 114 valence electrons. The molecule has 0 radical (unpaired) electrons. The third-order valence-electron chi connectivity index (χ3n) is 4.16. The average Bonchev–Trinajstić information content (AvgIpc) is 2.56. The molecule has 0 atom stereocenters. The number of nitrogens with zero attached hydrogens (tertiary/aromatic N) is 1. The van der Waals surface area contributed by atoms with E-state index in [4.69, 9.17) is 20.9 Å². The van der Waals surface area contributed by atoms with Crippen molar-refractivity contribution in [3.63, 3.8) is 0 Å². The van der Waals surface area contributed by atoms with Gasteiger partial charge in [-0.25, -0.2) is 0 Å². The van der Waals surface area contributed by atoms with E-state index in [2.05, 4.69) is 0 Å². The topological polar surface area (TPSA) is 38.8 Å². The predicted octanol–water partition coefficient (Wildman–Crippen LogP) is 2.34. The summed E-state index contributed by atoms with van der Waals surface area (Å²) in [5, 5.41) is 0.473.